The molecule has 4 heterocycles. The molecular formula is C26H27N5O6S. The van der Waals surface area contributed by atoms with Crippen molar-refractivity contribution < 1.29 is 27.2 Å². The highest BCUT2D eigenvalue weighted by Crippen LogP contribution is 2.59. The zero-order valence-electron chi connectivity index (χ0n) is 21.1. The molecule has 0 atom stereocenters. The Labute approximate surface area is 219 Å². The maximum atomic E-state index is 13.7. The van der Waals surface area contributed by atoms with E-state index in [0.29, 0.717) is 29.9 Å². The molecule has 7 rings (SSSR count). The van der Waals surface area contributed by atoms with Gasteiger partial charge in [-0.25, -0.2) is 13.4 Å². The van der Waals surface area contributed by atoms with Crippen LogP contribution in [0.1, 0.15) is 54.8 Å². The minimum atomic E-state index is -4.23. The highest BCUT2D eigenvalue weighted by molar-refractivity contribution is 7.93. The number of rotatable bonds is 8. The number of ether oxygens (including phenoxy) is 3. The number of aromatic nitrogens is 4. The summed E-state index contributed by atoms with van der Waals surface area (Å²) in [6, 6.07) is 5.46. The Morgan fingerprint density at radius 2 is 2.03 bits per heavy atom. The van der Waals surface area contributed by atoms with E-state index in [-0.39, 0.29) is 33.7 Å². The molecule has 4 aromatic rings. The lowest BCUT2D eigenvalue weighted by Gasteiger charge is -2.29. The first-order chi connectivity index (χ1) is 18.4. The molecule has 12 heteroatoms. The van der Waals surface area contributed by atoms with Gasteiger partial charge in [0.15, 0.2) is 16.3 Å². The van der Waals surface area contributed by atoms with Gasteiger partial charge in [-0.2, -0.15) is 5.10 Å². The molecule has 2 fully saturated rings. The Morgan fingerprint density at radius 3 is 2.71 bits per heavy atom. The van der Waals surface area contributed by atoms with E-state index >= 15 is 0 Å². The molecular weight excluding hydrogens is 510 g/mol. The maximum absolute atomic E-state index is 13.7. The predicted molar refractivity (Wildman–Crippen MR) is 136 cm³/mol. The Kier molecular flexibility index (Phi) is 5.13. The fraction of sp³-hybridized carbons (Fsp3) is 0.423. The lowest BCUT2D eigenvalue weighted by molar-refractivity contribution is 0.262. The molecule has 198 valence electrons. The van der Waals surface area contributed by atoms with E-state index in [1.54, 1.807) is 12.3 Å². The molecule has 1 spiro atoms. The van der Waals surface area contributed by atoms with Gasteiger partial charge in [0.1, 0.15) is 16.9 Å². The summed E-state index contributed by atoms with van der Waals surface area (Å²) in [6.07, 6.45) is 8.68. The summed E-state index contributed by atoms with van der Waals surface area (Å²) in [5, 5.41) is 8.97. The molecule has 2 aliphatic carbocycles. The van der Waals surface area contributed by atoms with E-state index in [1.165, 1.54) is 14.2 Å². The van der Waals surface area contributed by atoms with E-state index in [4.69, 9.17) is 18.7 Å². The SMILES string of the molecule is COc1cc(C2CC2)nc(OC)c1S(=O)(=O)Nc1noc2cc(Cn3cccn3)c3c(c12)OCCC31CC1. The average molecular weight is 538 g/mol. The minimum absolute atomic E-state index is 0.0205. The Morgan fingerprint density at radius 1 is 1.18 bits per heavy atom. The molecule has 3 aromatic heterocycles. The molecule has 3 aliphatic rings. The second kappa shape index (κ2) is 8.35. The number of pyridine rings is 1. The molecule has 0 unspecified atom stereocenters. The number of fused-ring (bicyclic) bond motifs is 4. The first-order valence-corrected chi connectivity index (χ1v) is 14.1. The van der Waals surface area contributed by atoms with Crippen molar-refractivity contribution in [2.75, 3.05) is 25.5 Å². The lowest BCUT2D eigenvalue weighted by Crippen LogP contribution is -2.23. The van der Waals surface area contributed by atoms with E-state index in [2.05, 4.69) is 20.0 Å². The summed E-state index contributed by atoms with van der Waals surface area (Å²) in [6.45, 7) is 1.09. The van der Waals surface area contributed by atoms with Crippen molar-refractivity contribution >= 4 is 26.8 Å². The van der Waals surface area contributed by atoms with Crippen LogP contribution in [0, 0.1) is 0 Å². The molecule has 0 saturated heterocycles. The van der Waals surface area contributed by atoms with Gasteiger partial charge in [0.2, 0.25) is 5.88 Å². The van der Waals surface area contributed by atoms with Gasteiger partial charge < -0.3 is 18.7 Å². The Hall–Kier alpha value is -3.80. The van der Waals surface area contributed by atoms with Crippen LogP contribution in [0.5, 0.6) is 17.4 Å². The van der Waals surface area contributed by atoms with Crippen LogP contribution in [0.25, 0.3) is 11.0 Å². The number of benzene rings is 1. The third kappa shape index (κ3) is 3.69. The molecule has 1 aliphatic heterocycles. The molecule has 0 amide bonds. The zero-order valence-corrected chi connectivity index (χ0v) is 21.9. The van der Waals surface area contributed by atoms with Crippen LogP contribution < -0.4 is 18.9 Å². The van der Waals surface area contributed by atoms with Crippen LogP contribution in [0.2, 0.25) is 0 Å². The van der Waals surface area contributed by atoms with Crippen LogP contribution in [0.3, 0.4) is 0 Å². The molecule has 1 aromatic carbocycles. The van der Waals surface area contributed by atoms with Crippen molar-refractivity contribution in [2.24, 2.45) is 0 Å². The first-order valence-electron chi connectivity index (χ1n) is 12.6. The predicted octanol–water partition coefficient (Wildman–Crippen LogP) is 3.98. The van der Waals surface area contributed by atoms with Gasteiger partial charge in [0, 0.05) is 35.4 Å². The number of nitrogens with zero attached hydrogens (tertiary/aromatic N) is 4. The van der Waals surface area contributed by atoms with Crippen molar-refractivity contribution in [3.63, 3.8) is 0 Å². The fourth-order valence-electron chi connectivity index (χ4n) is 5.54. The number of hydrogen-bond donors (Lipinski definition) is 1. The zero-order chi connectivity index (χ0) is 26.1. The number of anilines is 1. The molecule has 0 radical (unpaired) electrons. The summed E-state index contributed by atoms with van der Waals surface area (Å²) in [5.41, 5.74) is 3.32. The number of hydrogen-bond acceptors (Lipinski definition) is 9. The summed E-state index contributed by atoms with van der Waals surface area (Å²) in [4.78, 5) is 4.28. The summed E-state index contributed by atoms with van der Waals surface area (Å²) >= 11 is 0. The maximum Gasteiger partial charge on any atom is 0.272 e. The molecule has 1 N–H and O–H groups in total. The van der Waals surface area contributed by atoms with Crippen LogP contribution in [-0.4, -0.2) is 49.2 Å². The Balaban J connectivity index is 1.34. The summed E-state index contributed by atoms with van der Waals surface area (Å²) < 4.78 is 54.7. The quantitative estimate of drug-likeness (QED) is 0.355. The molecule has 0 bridgehead atoms. The second-order valence-corrected chi connectivity index (χ2v) is 11.8. The third-order valence-electron chi connectivity index (χ3n) is 7.74. The lowest BCUT2D eigenvalue weighted by atomic mass is 9.85. The molecule has 38 heavy (non-hydrogen) atoms. The van der Waals surface area contributed by atoms with Gasteiger partial charge in [0.25, 0.3) is 10.0 Å². The Bertz CT molecular complexity index is 1630. The number of methoxy groups -OCH3 is 2. The van der Waals surface area contributed by atoms with Crippen molar-refractivity contribution in [3.8, 4) is 17.4 Å². The molecule has 11 nitrogen and oxygen atoms in total. The van der Waals surface area contributed by atoms with Crippen molar-refractivity contribution in [3.05, 3.63) is 47.4 Å². The van der Waals surface area contributed by atoms with Crippen LogP contribution >= 0.6 is 0 Å². The number of nitrogens with one attached hydrogen (secondary N) is 1. The van der Waals surface area contributed by atoms with E-state index in [0.717, 1.165) is 48.9 Å². The normalized spacial score (nSPS) is 17.7. The van der Waals surface area contributed by atoms with Gasteiger partial charge in [0.05, 0.1) is 33.1 Å². The highest BCUT2D eigenvalue weighted by Gasteiger charge is 2.50. The van der Waals surface area contributed by atoms with Gasteiger partial charge in [-0.1, -0.05) is 5.16 Å². The molecule has 2 saturated carbocycles. The van der Waals surface area contributed by atoms with E-state index in [9.17, 15) is 8.42 Å². The van der Waals surface area contributed by atoms with Crippen LogP contribution in [0.4, 0.5) is 5.82 Å². The standard InChI is InChI=1S/C26H27N5O6S/c1-34-19-13-17(15-4-5-15)28-25(35-2)23(19)38(32,33)30-24-20-18(37-29-24)12-16(14-31-10-3-9-27-31)21-22(20)36-11-8-26(21)6-7-26/h3,9-10,12-13,15H,4-8,11,14H2,1-2H3,(H,29,30). The van der Waals surface area contributed by atoms with E-state index in [1.807, 2.05) is 23.0 Å². The van der Waals surface area contributed by atoms with Crippen molar-refractivity contribution in [1.29, 1.82) is 0 Å². The minimum Gasteiger partial charge on any atom is -0.495 e. The van der Waals surface area contributed by atoms with Crippen LogP contribution in [0.15, 0.2) is 40.0 Å². The van der Waals surface area contributed by atoms with Gasteiger partial charge >= 0.3 is 0 Å². The largest absolute Gasteiger partial charge is 0.495 e. The fourth-order valence-corrected chi connectivity index (χ4v) is 6.81. The highest BCUT2D eigenvalue weighted by atomic mass is 32.2. The monoisotopic (exact) mass is 537 g/mol. The first kappa shape index (κ1) is 23.3. The number of sulfonamides is 1. The van der Waals surface area contributed by atoms with Gasteiger partial charge in [-0.05, 0) is 49.8 Å². The topological polar surface area (TPSA) is 131 Å². The second-order valence-electron chi connectivity index (χ2n) is 10.2. The van der Waals surface area contributed by atoms with E-state index < -0.39 is 10.0 Å². The average Bonchev–Trinajstić information content (AvgIpc) is 3.81. The van der Waals surface area contributed by atoms with Gasteiger partial charge in [-0.3, -0.25) is 9.40 Å². The summed E-state index contributed by atoms with van der Waals surface area (Å²) in [7, 11) is -1.41. The third-order valence-corrected chi connectivity index (χ3v) is 9.11. The van der Waals surface area contributed by atoms with Crippen LogP contribution in [-0.2, 0) is 22.0 Å². The van der Waals surface area contributed by atoms with Crippen molar-refractivity contribution in [1.82, 2.24) is 19.9 Å². The summed E-state index contributed by atoms with van der Waals surface area (Å²) in [5.74, 6) is 1.10. The smallest absolute Gasteiger partial charge is 0.272 e. The van der Waals surface area contributed by atoms with Gasteiger partial charge in [-0.15, -0.1) is 0 Å². The van der Waals surface area contributed by atoms with Crippen molar-refractivity contribution in [2.45, 2.75) is 54.9 Å².